The van der Waals surface area contributed by atoms with Gasteiger partial charge in [-0.3, -0.25) is 0 Å². The van der Waals surface area contributed by atoms with Crippen LogP contribution in [0.4, 0.5) is 0 Å². The number of nitrogens with zero attached hydrogens (tertiary/aromatic N) is 3. The normalized spacial score (nSPS) is 10.8. The van der Waals surface area contributed by atoms with Crippen LogP contribution in [0.15, 0.2) is 69.7 Å². The number of hydrogen-bond acceptors (Lipinski definition) is 5. The Morgan fingerprint density at radius 1 is 1.06 bits per heavy atom. The van der Waals surface area contributed by atoms with E-state index in [2.05, 4.69) is 42.2 Å². The molecule has 0 aliphatic carbocycles. The number of benzene rings is 3. The Balaban J connectivity index is 1.99. The lowest BCUT2D eigenvalue weighted by Crippen LogP contribution is -2.13. The van der Waals surface area contributed by atoms with Crippen molar-refractivity contribution in [1.29, 1.82) is 0 Å². The monoisotopic (exact) mass is 569 g/mol. The summed E-state index contributed by atoms with van der Waals surface area (Å²) in [6.07, 6.45) is 1.83. The third kappa shape index (κ3) is 4.58. The van der Waals surface area contributed by atoms with Crippen LogP contribution in [0.1, 0.15) is 22.8 Å². The molecule has 0 spiro atoms. The molecule has 1 aromatic heterocycles. The number of aryl methyl sites for hydroxylation is 1. The number of ether oxygens (including phenoxy) is 2. The van der Waals surface area contributed by atoms with Crippen molar-refractivity contribution in [2.24, 2.45) is 0 Å². The molecule has 33 heavy (non-hydrogen) atoms. The molecule has 0 N–H and O–H groups in total. The van der Waals surface area contributed by atoms with Gasteiger partial charge in [0, 0.05) is 20.1 Å². The van der Waals surface area contributed by atoms with Crippen molar-refractivity contribution in [2.75, 3.05) is 13.7 Å². The minimum Gasteiger partial charge on any atom is -0.494 e. The largest absolute Gasteiger partial charge is 0.494 e. The van der Waals surface area contributed by atoms with E-state index < -0.39 is 5.97 Å². The van der Waals surface area contributed by atoms with Gasteiger partial charge in [-0.05, 0) is 49.2 Å². The van der Waals surface area contributed by atoms with Gasteiger partial charge < -0.3 is 9.47 Å². The molecule has 4 aromatic rings. The van der Waals surface area contributed by atoms with Crippen molar-refractivity contribution in [3.05, 3.63) is 80.9 Å². The third-order valence-electron chi connectivity index (χ3n) is 5.16. The van der Waals surface area contributed by atoms with Gasteiger partial charge in [-0.1, -0.05) is 67.4 Å². The quantitative estimate of drug-likeness (QED) is 0.244. The minimum atomic E-state index is -0.444. The highest BCUT2D eigenvalue weighted by Gasteiger charge is 2.26. The maximum absolute atomic E-state index is 12.8. The predicted molar refractivity (Wildman–Crippen MR) is 135 cm³/mol. The van der Waals surface area contributed by atoms with Crippen LogP contribution in [-0.2, 0) is 4.74 Å². The number of carbonyl (C=O) groups is 1. The molecule has 0 fully saturated rings. The number of methoxy groups -OCH3 is 1. The van der Waals surface area contributed by atoms with Crippen LogP contribution in [-0.4, -0.2) is 34.7 Å². The molecule has 168 valence electrons. The molecular weight excluding hydrogens is 550 g/mol. The zero-order chi connectivity index (χ0) is 23.5. The van der Waals surface area contributed by atoms with Gasteiger partial charge in [0.25, 0.3) is 0 Å². The van der Waals surface area contributed by atoms with Crippen molar-refractivity contribution < 1.29 is 14.3 Å². The molecule has 0 atom stereocenters. The summed E-state index contributed by atoms with van der Waals surface area (Å²) in [5.41, 5.74) is 5.11. The van der Waals surface area contributed by atoms with E-state index in [1.807, 2.05) is 67.7 Å². The van der Waals surface area contributed by atoms with Gasteiger partial charge >= 0.3 is 5.97 Å². The summed E-state index contributed by atoms with van der Waals surface area (Å²) < 4.78 is 14.7. The van der Waals surface area contributed by atoms with Crippen molar-refractivity contribution in [3.8, 4) is 33.8 Å². The highest BCUT2D eigenvalue weighted by atomic mass is 79.9. The molecule has 4 rings (SSSR count). The van der Waals surface area contributed by atoms with Crippen molar-refractivity contribution >= 4 is 37.8 Å². The lowest BCUT2D eigenvalue weighted by atomic mass is 9.96. The summed E-state index contributed by atoms with van der Waals surface area (Å²) in [5.74, 6) is -0.0634. The van der Waals surface area contributed by atoms with E-state index >= 15 is 0 Å². The first-order valence-electron chi connectivity index (χ1n) is 10.3. The highest BCUT2D eigenvalue weighted by Crippen LogP contribution is 2.41. The van der Waals surface area contributed by atoms with E-state index in [1.54, 1.807) is 11.6 Å². The maximum atomic E-state index is 12.8. The number of esters is 1. The van der Waals surface area contributed by atoms with Crippen molar-refractivity contribution in [1.82, 2.24) is 15.0 Å². The second-order valence-corrected chi connectivity index (χ2v) is 9.02. The molecule has 8 heteroatoms. The van der Waals surface area contributed by atoms with E-state index in [-0.39, 0.29) is 6.61 Å². The van der Waals surface area contributed by atoms with Crippen LogP contribution >= 0.6 is 31.9 Å². The Kier molecular flexibility index (Phi) is 6.95. The van der Waals surface area contributed by atoms with Gasteiger partial charge in [0.2, 0.25) is 0 Å². The zero-order valence-electron chi connectivity index (χ0n) is 18.3. The highest BCUT2D eigenvalue weighted by molar-refractivity contribution is 9.10. The third-order valence-corrected chi connectivity index (χ3v) is 6.38. The predicted octanol–water partition coefficient (Wildman–Crippen LogP) is 6.62. The number of halogens is 2. The molecule has 0 radical (unpaired) electrons. The summed E-state index contributed by atoms with van der Waals surface area (Å²) in [4.78, 5) is 12.8. The Morgan fingerprint density at radius 3 is 2.45 bits per heavy atom. The molecule has 0 bridgehead atoms. The summed E-state index contributed by atoms with van der Waals surface area (Å²) in [6, 6.07) is 17.6. The van der Waals surface area contributed by atoms with Gasteiger partial charge in [-0.25, -0.2) is 9.48 Å². The van der Waals surface area contributed by atoms with Gasteiger partial charge in [-0.15, -0.1) is 5.10 Å². The first kappa shape index (κ1) is 23.2. The minimum absolute atomic E-state index is 0.264. The molecule has 0 aliphatic rings. The first-order valence-corrected chi connectivity index (χ1v) is 11.9. The van der Waals surface area contributed by atoms with Crippen LogP contribution in [0.5, 0.6) is 5.75 Å². The average molecular weight is 571 g/mol. The zero-order valence-corrected chi connectivity index (χ0v) is 21.5. The fraction of sp³-hybridized carbons (Fsp3) is 0.160. The molecule has 0 saturated carbocycles. The summed E-state index contributed by atoms with van der Waals surface area (Å²) in [7, 11) is 1.54. The Morgan fingerprint density at radius 2 is 1.79 bits per heavy atom. The molecule has 3 aromatic carbocycles. The second-order valence-electron chi connectivity index (χ2n) is 7.25. The first-order chi connectivity index (χ1) is 15.9. The molecule has 0 aliphatic heterocycles. The van der Waals surface area contributed by atoms with Crippen molar-refractivity contribution in [3.63, 3.8) is 0 Å². The fourth-order valence-corrected chi connectivity index (χ4v) is 4.43. The topological polar surface area (TPSA) is 66.2 Å². The lowest BCUT2D eigenvalue weighted by molar-refractivity contribution is 0.0522. The smallest absolute Gasteiger partial charge is 0.342 e. The number of hydrogen-bond donors (Lipinski definition) is 0. The van der Waals surface area contributed by atoms with Gasteiger partial charge in [-0.2, -0.15) is 0 Å². The number of carbonyl (C=O) groups excluding carboxylic acids is 1. The Bertz CT molecular complexity index is 1320. The van der Waals surface area contributed by atoms with Crippen molar-refractivity contribution in [2.45, 2.75) is 13.8 Å². The van der Waals surface area contributed by atoms with Crippen LogP contribution in [0, 0.1) is 6.92 Å². The Hall–Kier alpha value is -2.97. The SMILES string of the molecule is CCOC(=O)c1c(C)cc(-c2ccccc2Br)c(-n2cc(-c3ccc(Br)cc3)nn2)c1OC. The summed E-state index contributed by atoms with van der Waals surface area (Å²) in [6.45, 7) is 3.91. The van der Waals surface area contributed by atoms with E-state index in [1.165, 1.54) is 7.11 Å². The van der Waals surface area contributed by atoms with E-state index in [9.17, 15) is 4.79 Å². The van der Waals surface area contributed by atoms with E-state index in [0.717, 1.165) is 31.2 Å². The van der Waals surface area contributed by atoms with Crippen LogP contribution in [0.2, 0.25) is 0 Å². The molecular formula is C25H21Br2N3O3. The van der Waals surface area contributed by atoms with E-state index in [4.69, 9.17) is 9.47 Å². The van der Waals surface area contributed by atoms with Crippen LogP contribution in [0.25, 0.3) is 28.1 Å². The summed E-state index contributed by atoms with van der Waals surface area (Å²) >= 11 is 7.11. The molecule has 0 amide bonds. The van der Waals surface area contributed by atoms with Gasteiger partial charge in [0.05, 0.1) is 19.9 Å². The van der Waals surface area contributed by atoms with Crippen LogP contribution in [0.3, 0.4) is 0 Å². The van der Waals surface area contributed by atoms with E-state index in [0.29, 0.717) is 22.7 Å². The molecule has 0 saturated heterocycles. The van der Waals surface area contributed by atoms with Gasteiger partial charge in [0.15, 0.2) is 5.75 Å². The maximum Gasteiger partial charge on any atom is 0.342 e. The molecule has 1 heterocycles. The van der Waals surface area contributed by atoms with Gasteiger partial charge in [0.1, 0.15) is 16.9 Å². The second kappa shape index (κ2) is 9.89. The number of rotatable bonds is 6. The average Bonchev–Trinajstić information content (AvgIpc) is 3.29. The fourth-order valence-electron chi connectivity index (χ4n) is 3.67. The van der Waals surface area contributed by atoms with Crippen LogP contribution < -0.4 is 4.74 Å². The standard InChI is InChI=1S/C25H21Br2N3O3/c1-4-33-25(31)22-15(2)13-19(18-7-5-6-8-20(18)27)23(24(22)32-3)30-14-21(28-29-30)16-9-11-17(26)12-10-16/h5-14H,4H2,1-3H3. The Labute approximate surface area is 208 Å². The molecule has 6 nitrogen and oxygen atoms in total. The number of aromatic nitrogens is 3. The lowest BCUT2D eigenvalue weighted by Gasteiger charge is -2.19. The molecule has 0 unspecified atom stereocenters. The summed E-state index contributed by atoms with van der Waals surface area (Å²) in [5, 5.41) is 8.77.